The Morgan fingerprint density at radius 2 is 1.91 bits per heavy atom. The highest BCUT2D eigenvalue weighted by atomic mass is 19.1. The number of amidine groups is 1. The molecule has 0 bridgehead atoms. The van der Waals surface area contributed by atoms with Gasteiger partial charge in [0.25, 0.3) is 5.91 Å². The van der Waals surface area contributed by atoms with Gasteiger partial charge in [-0.25, -0.2) is 4.39 Å². The summed E-state index contributed by atoms with van der Waals surface area (Å²) in [7, 11) is 0. The van der Waals surface area contributed by atoms with Gasteiger partial charge in [0.05, 0.1) is 12.1 Å². The SMILES string of the molecule is Cc1ccc(C2=NN=C(NC(=O)c3ccc(F)cc3)C2)cn1. The van der Waals surface area contributed by atoms with Crippen LogP contribution < -0.4 is 5.32 Å². The molecule has 1 aromatic heterocycles. The standard InChI is InChI=1S/C16H13FN4O/c1-10-2-3-12(9-18-10)14-8-15(21-20-14)19-16(22)11-4-6-13(17)7-5-11/h2-7,9H,8H2,1H3,(H,19,21,22). The Bertz CT molecular complexity index is 764. The zero-order valence-electron chi connectivity index (χ0n) is 11.9. The Labute approximate surface area is 126 Å². The maximum absolute atomic E-state index is 12.8. The van der Waals surface area contributed by atoms with Crippen molar-refractivity contribution in [2.45, 2.75) is 13.3 Å². The van der Waals surface area contributed by atoms with Gasteiger partial charge in [-0.3, -0.25) is 9.78 Å². The molecule has 6 heteroatoms. The summed E-state index contributed by atoms with van der Waals surface area (Å²) in [5, 5.41) is 10.7. The first-order chi connectivity index (χ1) is 10.6. The van der Waals surface area contributed by atoms with E-state index in [0.717, 1.165) is 17.0 Å². The number of pyridine rings is 1. The number of amides is 1. The third-order valence-corrected chi connectivity index (χ3v) is 3.24. The molecule has 1 aliphatic heterocycles. The molecule has 0 saturated heterocycles. The molecule has 0 aliphatic carbocycles. The topological polar surface area (TPSA) is 66.7 Å². The zero-order valence-corrected chi connectivity index (χ0v) is 11.9. The fourth-order valence-electron chi connectivity index (χ4n) is 2.02. The number of aromatic nitrogens is 1. The van der Waals surface area contributed by atoms with Gasteiger partial charge < -0.3 is 5.32 Å². The normalized spacial score (nSPS) is 13.5. The summed E-state index contributed by atoms with van der Waals surface area (Å²) >= 11 is 0. The summed E-state index contributed by atoms with van der Waals surface area (Å²) in [5.74, 6) is -0.255. The van der Waals surface area contributed by atoms with Crippen LogP contribution in [0.3, 0.4) is 0 Å². The van der Waals surface area contributed by atoms with Crippen molar-refractivity contribution >= 4 is 17.5 Å². The van der Waals surface area contributed by atoms with Crippen molar-refractivity contribution in [1.82, 2.24) is 10.3 Å². The summed E-state index contributed by atoms with van der Waals surface area (Å²) < 4.78 is 12.8. The predicted octanol–water partition coefficient (Wildman–Crippen LogP) is 2.47. The molecule has 0 unspecified atom stereocenters. The first-order valence-electron chi connectivity index (χ1n) is 6.75. The van der Waals surface area contributed by atoms with Crippen molar-refractivity contribution in [2.75, 3.05) is 0 Å². The van der Waals surface area contributed by atoms with Gasteiger partial charge in [0.2, 0.25) is 0 Å². The van der Waals surface area contributed by atoms with Crippen molar-refractivity contribution in [1.29, 1.82) is 0 Å². The molecule has 0 saturated carbocycles. The van der Waals surface area contributed by atoms with Gasteiger partial charge in [-0.1, -0.05) is 0 Å². The minimum Gasteiger partial charge on any atom is -0.308 e. The van der Waals surface area contributed by atoms with E-state index >= 15 is 0 Å². The van der Waals surface area contributed by atoms with Crippen LogP contribution in [-0.2, 0) is 0 Å². The van der Waals surface area contributed by atoms with Crippen LogP contribution in [0.5, 0.6) is 0 Å². The molecule has 0 atom stereocenters. The van der Waals surface area contributed by atoms with Gasteiger partial charge >= 0.3 is 0 Å². The van der Waals surface area contributed by atoms with Crippen molar-refractivity contribution in [2.24, 2.45) is 10.2 Å². The van der Waals surface area contributed by atoms with Crippen LogP contribution >= 0.6 is 0 Å². The molecule has 1 aliphatic rings. The van der Waals surface area contributed by atoms with Crippen molar-refractivity contribution in [3.8, 4) is 0 Å². The Morgan fingerprint density at radius 3 is 2.59 bits per heavy atom. The molecule has 1 aromatic carbocycles. The lowest BCUT2D eigenvalue weighted by Crippen LogP contribution is -2.30. The van der Waals surface area contributed by atoms with E-state index < -0.39 is 0 Å². The lowest BCUT2D eigenvalue weighted by Gasteiger charge is -2.05. The van der Waals surface area contributed by atoms with E-state index in [9.17, 15) is 9.18 Å². The molecule has 0 spiro atoms. The highest BCUT2D eigenvalue weighted by molar-refractivity contribution is 6.18. The number of nitrogens with one attached hydrogen (secondary N) is 1. The first-order valence-corrected chi connectivity index (χ1v) is 6.75. The van der Waals surface area contributed by atoms with Gasteiger partial charge in [0.15, 0.2) is 0 Å². The molecule has 22 heavy (non-hydrogen) atoms. The van der Waals surface area contributed by atoms with Gasteiger partial charge in [0.1, 0.15) is 11.7 Å². The molecule has 1 amide bonds. The van der Waals surface area contributed by atoms with Crippen LogP contribution in [0.4, 0.5) is 4.39 Å². The van der Waals surface area contributed by atoms with Crippen LogP contribution in [0.25, 0.3) is 0 Å². The number of hydrogen-bond donors (Lipinski definition) is 1. The highest BCUT2D eigenvalue weighted by Crippen LogP contribution is 2.11. The molecule has 2 aromatic rings. The number of carbonyl (C=O) groups excluding carboxylic acids is 1. The van der Waals surface area contributed by atoms with E-state index in [0.29, 0.717) is 17.8 Å². The van der Waals surface area contributed by atoms with Crippen molar-refractivity contribution in [3.63, 3.8) is 0 Å². The fraction of sp³-hybridized carbons (Fsp3) is 0.125. The minimum absolute atomic E-state index is 0.336. The van der Waals surface area contributed by atoms with Crippen LogP contribution in [0.1, 0.15) is 28.0 Å². The molecule has 0 radical (unpaired) electrons. The van der Waals surface area contributed by atoms with Crippen LogP contribution in [0.15, 0.2) is 52.8 Å². The Kier molecular flexibility index (Phi) is 3.74. The molecule has 0 fully saturated rings. The van der Waals surface area contributed by atoms with Gasteiger partial charge in [-0.2, -0.15) is 5.10 Å². The molecular weight excluding hydrogens is 283 g/mol. The van der Waals surface area contributed by atoms with Crippen molar-refractivity contribution in [3.05, 3.63) is 65.2 Å². The molecule has 5 nitrogen and oxygen atoms in total. The lowest BCUT2D eigenvalue weighted by molar-refractivity contribution is 0.0976. The molecule has 2 heterocycles. The van der Waals surface area contributed by atoms with Crippen LogP contribution in [0.2, 0.25) is 0 Å². The Morgan fingerprint density at radius 1 is 1.14 bits per heavy atom. The van der Waals surface area contributed by atoms with E-state index in [4.69, 9.17) is 0 Å². The highest BCUT2D eigenvalue weighted by Gasteiger charge is 2.17. The number of carbonyl (C=O) groups is 1. The molecular formula is C16H13FN4O. The second-order valence-corrected chi connectivity index (χ2v) is 4.92. The number of halogens is 1. The van der Waals surface area contributed by atoms with E-state index in [1.165, 1.54) is 24.3 Å². The Hall–Kier alpha value is -2.89. The monoisotopic (exact) mass is 296 g/mol. The fourth-order valence-corrected chi connectivity index (χ4v) is 2.02. The lowest BCUT2D eigenvalue weighted by atomic mass is 10.1. The average Bonchev–Trinajstić information content (AvgIpc) is 2.97. The summed E-state index contributed by atoms with van der Waals surface area (Å²) in [6.07, 6.45) is 2.16. The van der Waals surface area contributed by atoms with Crippen molar-refractivity contribution < 1.29 is 9.18 Å². The largest absolute Gasteiger partial charge is 0.308 e. The number of nitrogens with zero attached hydrogens (tertiary/aromatic N) is 3. The summed E-state index contributed by atoms with van der Waals surface area (Å²) in [4.78, 5) is 16.2. The molecule has 3 rings (SSSR count). The summed E-state index contributed by atoms with van der Waals surface area (Å²) in [6, 6.07) is 9.14. The van der Waals surface area contributed by atoms with Crippen LogP contribution in [0, 0.1) is 12.7 Å². The van der Waals surface area contributed by atoms with Gasteiger partial charge in [-0.05, 0) is 43.3 Å². The second kappa shape index (κ2) is 5.85. The third kappa shape index (κ3) is 3.06. The minimum atomic E-state index is -0.382. The average molecular weight is 296 g/mol. The molecule has 110 valence electrons. The number of rotatable bonds is 2. The van der Waals surface area contributed by atoms with E-state index in [-0.39, 0.29) is 11.7 Å². The maximum Gasteiger partial charge on any atom is 0.256 e. The number of aryl methyl sites for hydroxylation is 1. The van der Waals surface area contributed by atoms with E-state index in [1.807, 2.05) is 19.1 Å². The quantitative estimate of drug-likeness (QED) is 0.925. The number of hydrogen-bond acceptors (Lipinski definition) is 4. The van der Waals surface area contributed by atoms with Crippen LogP contribution in [-0.4, -0.2) is 22.4 Å². The first kappa shape index (κ1) is 14.1. The summed E-state index contributed by atoms with van der Waals surface area (Å²) in [6.45, 7) is 1.91. The predicted molar refractivity (Wildman–Crippen MR) is 81.4 cm³/mol. The second-order valence-electron chi connectivity index (χ2n) is 4.92. The Balaban J connectivity index is 1.63. The maximum atomic E-state index is 12.8. The third-order valence-electron chi connectivity index (χ3n) is 3.24. The van der Waals surface area contributed by atoms with Gasteiger partial charge in [0, 0.05) is 23.0 Å². The van der Waals surface area contributed by atoms with Gasteiger partial charge in [-0.15, -0.1) is 5.10 Å². The molecule has 1 N–H and O–H groups in total. The number of benzene rings is 1. The van der Waals surface area contributed by atoms with E-state index in [1.54, 1.807) is 6.20 Å². The summed E-state index contributed by atoms with van der Waals surface area (Å²) in [5.41, 5.74) is 2.92. The zero-order chi connectivity index (χ0) is 15.5. The van der Waals surface area contributed by atoms with E-state index in [2.05, 4.69) is 20.5 Å². The smallest absolute Gasteiger partial charge is 0.256 e.